The zero-order valence-corrected chi connectivity index (χ0v) is 13.9. The second-order valence-electron chi connectivity index (χ2n) is 6.67. The summed E-state index contributed by atoms with van der Waals surface area (Å²) in [4.78, 5) is 16.3. The van der Waals surface area contributed by atoms with Crippen LogP contribution in [0, 0.1) is 0 Å². The van der Waals surface area contributed by atoms with E-state index < -0.39 is 0 Å². The highest BCUT2D eigenvalue weighted by Gasteiger charge is 2.28. The van der Waals surface area contributed by atoms with Crippen LogP contribution >= 0.6 is 0 Å². The molecule has 1 unspecified atom stereocenters. The number of piperidine rings is 1. The first kappa shape index (κ1) is 16.4. The van der Waals surface area contributed by atoms with Gasteiger partial charge in [-0.3, -0.25) is 9.69 Å². The first-order chi connectivity index (χ1) is 11.2. The van der Waals surface area contributed by atoms with Gasteiger partial charge in [0.05, 0.1) is 13.2 Å². The maximum atomic E-state index is 12.0. The van der Waals surface area contributed by atoms with Crippen LogP contribution in [0.25, 0.3) is 0 Å². The Morgan fingerprint density at radius 3 is 2.74 bits per heavy atom. The molecule has 7 heteroatoms. The van der Waals surface area contributed by atoms with Crippen LogP contribution in [0.3, 0.4) is 0 Å². The molecular weight excluding hydrogens is 294 g/mol. The molecule has 128 valence electrons. The Bertz CT molecular complexity index is 539. The monoisotopic (exact) mass is 321 g/mol. The van der Waals surface area contributed by atoms with Gasteiger partial charge in [-0.05, 0) is 38.8 Å². The topological polar surface area (TPSA) is 74.5 Å². The van der Waals surface area contributed by atoms with Crippen LogP contribution < -0.4 is 0 Å². The Hall–Kier alpha value is -1.47. The lowest BCUT2D eigenvalue weighted by Crippen LogP contribution is -2.40. The number of carbonyl (C=O) groups excluding carboxylic acids is 1. The van der Waals surface area contributed by atoms with Crippen molar-refractivity contribution >= 4 is 5.91 Å². The van der Waals surface area contributed by atoms with Crippen molar-refractivity contribution in [3.63, 3.8) is 0 Å². The van der Waals surface area contributed by atoms with E-state index in [1.54, 1.807) is 0 Å². The number of hydrogen-bond acceptors (Lipinski definition) is 5. The normalized spacial score (nSPS) is 22.7. The summed E-state index contributed by atoms with van der Waals surface area (Å²) < 4.78 is 2.11. The minimum absolute atomic E-state index is 0.0386. The van der Waals surface area contributed by atoms with E-state index in [1.165, 1.54) is 12.8 Å². The highest BCUT2D eigenvalue weighted by atomic mass is 16.3. The SMILES string of the molecule is Cn1c(CN2CCCC2)nnc1C1CCCN(C(=O)CCO)C1. The lowest BCUT2D eigenvalue weighted by atomic mass is 9.97. The van der Waals surface area contributed by atoms with Crippen LogP contribution in [0.4, 0.5) is 0 Å². The van der Waals surface area contributed by atoms with E-state index in [2.05, 4.69) is 19.7 Å². The maximum Gasteiger partial charge on any atom is 0.224 e. The van der Waals surface area contributed by atoms with Gasteiger partial charge in [-0.25, -0.2) is 0 Å². The van der Waals surface area contributed by atoms with Crippen LogP contribution in [0.15, 0.2) is 0 Å². The van der Waals surface area contributed by atoms with E-state index in [4.69, 9.17) is 5.11 Å². The van der Waals surface area contributed by atoms with E-state index in [0.29, 0.717) is 6.54 Å². The molecular formula is C16H27N5O2. The van der Waals surface area contributed by atoms with E-state index >= 15 is 0 Å². The molecule has 0 spiro atoms. The summed E-state index contributed by atoms with van der Waals surface area (Å²) in [6, 6.07) is 0. The van der Waals surface area contributed by atoms with Crippen molar-refractivity contribution in [3.8, 4) is 0 Å². The highest BCUT2D eigenvalue weighted by Crippen LogP contribution is 2.26. The van der Waals surface area contributed by atoms with Crippen LogP contribution in [0.1, 0.15) is 49.7 Å². The summed E-state index contributed by atoms with van der Waals surface area (Å²) in [5.74, 6) is 2.29. The third kappa shape index (κ3) is 3.72. The zero-order valence-electron chi connectivity index (χ0n) is 13.9. The van der Waals surface area contributed by atoms with E-state index in [1.807, 2.05) is 11.9 Å². The number of nitrogens with zero attached hydrogens (tertiary/aromatic N) is 5. The van der Waals surface area contributed by atoms with E-state index in [0.717, 1.165) is 50.7 Å². The second kappa shape index (κ2) is 7.40. The number of aromatic nitrogens is 3. The fourth-order valence-electron chi connectivity index (χ4n) is 3.68. The van der Waals surface area contributed by atoms with E-state index in [-0.39, 0.29) is 24.9 Å². The first-order valence-electron chi connectivity index (χ1n) is 8.68. The highest BCUT2D eigenvalue weighted by molar-refractivity contribution is 5.76. The van der Waals surface area contributed by atoms with Crippen LogP contribution in [-0.4, -0.2) is 68.4 Å². The predicted molar refractivity (Wildman–Crippen MR) is 85.8 cm³/mol. The van der Waals surface area contributed by atoms with Gasteiger partial charge in [0.15, 0.2) is 0 Å². The molecule has 0 aromatic carbocycles. The van der Waals surface area contributed by atoms with Crippen molar-refractivity contribution in [3.05, 3.63) is 11.6 Å². The smallest absolute Gasteiger partial charge is 0.224 e. The third-order valence-electron chi connectivity index (χ3n) is 5.03. The molecule has 0 aliphatic carbocycles. The molecule has 2 aliphatic heterocycles. The first-order valence-corrected chi connectivity index (χ1v) is 8.68. The van der Waals surface area contributed by atoms with Gasteiger partial charge in [0.1, 0.15) is 11.6 Å². The summed E-state index contributed by atoms with van der Waals surface area (Å²) >= 11 is 0. The molecule has 1 N–H and O–H groups in total. The van der Waals surface area contributed by atoms with Gasteiger partial charge in [-0.2, -0.15) is 0 Å². The van der Waals surface area contributed by atoms with E-state index in [9.17, 15) is 4.79 Å². The fourth-order valence-corrected chi connectivity index (χ4v) is 3.68. The minimum Gasteiger partial charge on any atom is -0.396 e. The Kier molecular flexibility index (Phi) is 5.27. The summed E-state index contributed by atoms with van der Waals surface area (Å²) in [7, 11) is 2.04. The summed E-state index contributed by atoms with van der Waals surface area (Å²) in [5, 5.41) is 17.8. The second-order valence-corrected chi connectivity index (χ2v) is 6.67. The van der Waals surface area contributed by atoms with Crippen molar-refractivity contribution in [2.45, 2.75) is 44.6 Å². The molecule has 23 heavy (non-hydrogen) atoms. The molecule has 1 aromatic heterocycles. The van der Waals surface area contributed by atoms with Crippen molar-refractivity contribution < 1.29 is 9.90 Å². The number of likely N-dealkylation sites (tertiary alicyclic amines) is 2. The molecule has 7 nitrogen and oxygen atoms in total. The molecule has 0 saturated carbocycles. The Balaban J connectivity index is 1.66. The fraction of sp³-hybridized carbons (Fsp3) is 0.812. The van der Waals surface area contributed by atoms with Crippen LogP contribution in [0.2, 0.25) is 0 Å². The van der Waals surface area contributed by atoms with Gasteiger partial charge in [0, 0.05) is 32.5 Å². The lowest BCUT2D eigenvalue weighted by Gasteiger charge is -2.32. The third-order valence-corrected chi connectivity index (χ3v) is 5.03. The van der Waals surface area contributed by atoms with Gasteiger partial charge in [0.2, 0.25) is 5.91 Å². The lowest BCUT2D eigenvalue weighted by molar-refractivity contribution is -0.133. The van der Waals surface area contributed by atoms with Crippen molar-refractivity contribution in [1.82, 2.24) is 24.6 Å². The number of rotatable bonds is 5. The summed E-state index contributed by atoms with van der Waals surface area (Å²) in [6.07, 6.45) is 4.78. The molecule has 3 heterocycles. The minimum atomic E-state index is -0.0794. The van der Waals surface area contributed by atoms with Crippen molar-refractivity contribution in [2.75, 3.05) is 32.8 Å². The average molecular weight is 321 g/mol. The molecule has 2 saturated heterocycles. The zero-order chi connectivity index (χ0) is 16.2. The molecule has 1 amide bonds. The molecule has 0 bridgehead atoms. The van der Waals surface area contributed by atoms with Crippen LogP contribution in [0.5, 0.6) is 0 Å². The molecule has 2 aliphatic rings. The molecule has 1 aromatic rings. The summed E-state index contributed by atoms with van der Waals surface area (Å²) in [6.45, 7) is 4.56. The van der Waals surface area contributed by atoms with Gasteiger partial charge in [-0.1, -0.05) is 0 Å². The predicted octanol–water partition coefficient (Wildman–Crippen LogP) is 0.499. The number of hydrogen-bond donors (Lipinski definition) is 1. The Morgan fingerprint density at radius 2 is 2.00 bits per heavy atom. The molecule has 3 rings (SSSR count). The van der Waals surface area contributed by atoms with Crippen molar-refractivity contribution in [1.29, 1.82) is 0 Å². The largest absolute Gasteiger partial charge is 0.396 e. The Labute approximate surface area is 137 Å². The summed E-state index contributed by atoms with van der Waals surface area (Å²) in [5.41, 5.74) is 0. The Morgan fingerprint density at radius 1 is 1.22 bits per heavy atom. The standard InChI is InChI=1S/C16H27N5O2/c1-19-14(12-20-7-2-3-8-20)17-18-16(19)13-5-4-9-21(11-13)15(23)6-10-22/h13,22H,2-12H2,1H3. The molecule has 1 atom stereocenters. The number of aliphatic hydroxyl groups is 1. The van der Waals surface area contributed by atoms with Crippen molar-refractivity contribution in [2.24, 2.45) is 7.05 Å². The molecule has 2 fully saturated rings. The van der Waals surface area contributed by atoms with Gasteiger partial charge in [0.25, 0.3) is 0 Å². The number of amides is 1. The van der Waals surface area contributed by atoms with Gasteiger partial charge >= 0.3 is 0 Å². The molecule has 0 radical (unpaired) electrons. The number of carbonyl (C=O) groups is 1. The van der Waals surface area contributed by atoms with Gasteiger partial charge < -0.3 is 14.6 Å². The van der Waals surface area contributed by atoms with Gasteiger partial charge in [-0.15, -0.1) is 10.2 Å². The quantitative estimate of drug-likeness (QED) is 0.855. The number of aliphatic hydroxyl groups excluding tert-OH is 1. The van der Waals surface area contributed by atoms with Crippen LogP contribution in [-0.2, 0) is 18.4 Å². The average Bonchev–Trinajstić information content (AvgIpc) is 3.19. The maximum absolute atomic E-state index is 12.0.